The van der Waals surface area contributed by atoms with E-state index < -0.39 is 16.5 Å². The zero-order valence-corrected chi connectivity index (χ0v) is 41.8. The maximum atomic E-state index is 5.64. The molecule has 2 heterocycles. The van der Waals surface area contributed by atoms with Gasteiger partial charge in [0, 0.05) is 0 Å². The molecule has 11 rings (SSSR count). The molecule has 302 valence electrons. The molecule has 0 aliphatic rings. The van der Waals surface area contributed by atoms with Gasteiger partial charge in [-0.1, -0.05) is 0 Å². The van der Waals surface area contributed by atoms with E-state index in [2.05, 4.69) is 286 Å². The summed E-state index contributed by atoms with van der Waals surface area (Å²) in [7, 11) is 0. The van der Waals surface area contributed by atoms with E-state index in [0.29, 0.717) is 0 Å². The second-order valence-corrected chi connectivity index (χ2v) is 34.4. The van der Waals surface area contributed by atoms with Gasteiger partial charge in [0.15, 0.2) is 0 Å². The molecule has 0 aliphatic heterocycles. The fourth-order valence-corrected chi connectivity index (χ4v) is 23.9. The molecule has 8 heteroatoms. The molecule has 0 saturated carbocycles. The van der Waals surface area contributed by atoms with Crippen molar-refractivity contribution in [3.05, 3.63) is 237 Å². The third kappa shape index (κ3) is 6.82. The molecule has 0 bridgehead atoms. The first-order valence-corrected chi connectivity index (χ1v) is 32.9. The molecule has 0 unspecified atom stereocenters. The normalized spacial score (nSPS) is 12.3. The van der Waals surface area contributed by atoms with Crippen molar-refractivity contribution >= 4 is 148 Å². The first kappa shape index (κ1) is 41.0. The molecule has 0 aliphatic carbocycles. The summed E-state index contributed by atoms with van der Waals surface area (Å²) in [5, 5.41) is 15.2. The summed E-state index contributed by atoms with van der Waals surface area (Å²) in [5.74, 6) is 0. The predicted octanol–water partition coefficient (Wildman–Crippen LogP) is 8.93. The van der Waals surface area contributed by atoms with E-state index in [1.165, 1.54) is 58.5 Å². The number of imidazole rings is 1. The van der Waals surface area contributed by atoms with E-state index in [9.17, 15) is 0 Å². The summed E-state index contributed by atoms with van der Waals surface area (Å²) in [4.78, 5) is 5.64. The topological polar surface area (TPSA) is 17.3 Å². The summed E-state index contributed by atoms with van der Waals surface area (Å²) in [5.41, 5.74) is -2.27. The van der Waals surface area contributed by atoms with Crippen LogP contribution in [0.15, 0.2) is 237 Å². The third-order valence-corrected chi connectivity index (χ3v) is 33.3. The van der Waals surface area contributed by atoms with E-state index in [1.54, 1.807) is 0 Å². The number of hydrogen-bond donors (Lipinski definition) is 0. The molecule has 2 nitrogen and oxygen atoms in total. The van der Waals surface area contributed by atoms with Gasteiger partial charge in [-0.05, 0) is 0 Å². The van der Waals surface area contributed by atoms with Crippen LogP contribution in [0, 0.1) is 0 Å². The summed E-state index contributed by atoms with van der Waals surface area (Å²) in [6.45, 7) is 0. The monoisotopic (exact) mass is 1060 g/mol. The van der Waals surface area contributed by atoms with Gasteiger partial charge in [-0.2, -0.15) is 0 Å². The molecule has 0 amide bonds. The van der Waals surface area contributed by atoms with Gasteiger partial charge in [-0.25, -0.2) is 0 Å². The Morgan fingerprint density at radius 1 is 0.286 bits per heavy atom. The van der Waals surface area contributed by atoms with Gasteiger partial charge >= 0.3 is 394 Å². The van der Waals surface area contributed by atoms with Crippen molar-refractivity contribution in [1.82, 2.24) is 9.38 Å². The first-order chi connectivity index (χ1) is 30.9. The number of hydrogen-bond acceptors (Lipinski definition) is 1. The minimum atomic E-state index is -2.18. The van der Waals surface area contributed by atoms with Crippen molar-refractivity contribution in [2.75, 3.05) is 0 Å². The van der Waals surface area contributed by atoms with Crippen LogP contribution in [0.25, 0.3) is 38.4 Å². The Labute approximate surface area is 390 Å². The summed E-state index contributed by atoms with van der Waals surface area (Å²) in [6, 6.07) is 87.2. The van der Waals surface area contributed by atoms with Crippen LogP contribution in [0.2, 0.25) is 0 Å². The third-order valence-electron chi connectivity index (χ3n) is 12.2. The Kier molecular flexibility index (Phi) is 10.9. The first-order valence-electron chi connectivity index (χ1n) is 20.9. The summed E-state index contributed by atoms with van der Waals surface area (Å²) in [6.07, 6.45) is 0. The molecule has 0 N–H and O–H groups in total. The maximum absolute atomic E-state index is 5.64. The Balaban J connectivity index is 1.23. The molecule has 63 heavy (non-hydrogen) atoms. The fourth-order valence-electron chi connectivity index (χ4n) is 9.13. The molecule has 0 spiro atoms. The van der Waals surface area contributed by atoms with Crippen molar-refractivity contribution in [2.45, 2.75) is 0 Å². The minimum absolute atomic E-state index is 0.962. The van der Waals surface area contributed by atoms with Gasteiger partial charge in [0.1, 0.15) is 0 Å². The van der Waals surface area contributed by atoms with E-state index in [-0.39, 0.29) is 0 Å². The van der Waals surface area contributed by atoms with Gasteiger partial charge in [-0.3, -0.25) is 0 Å². The SMILES string of the molecule is [Se]=P(c1ccccc1)(c1ccccc1)c1ccc2c(c1)nc1c3ccc(P(=[Se])(c4ccccc4)c4ccccc4)cc3c3ccc(P(=[Se])(c4ccccc4)c4ccccc4)cc3n21. The molecule has 0 saturated heterocycles. The quantitative estimate of drug-likeness (QED) is 0.0803. The average Bonchev–Trinajstić information content (AvgIpc) is 3.76. The number of rotatable bonds is 9. The Bertz CT molecular complexity index is 3510. The fraction of sp³-hybridized carbons (Fsp3) is 0. The van der Waals surface area contributed by atoms with Crippen LogP contribution >= 0.6 is 16.5 Å². The van der Waals surface area contributed by atoms with Gasteiger partial charge < -0.3 is 0 Å². The molecule has 0 atom stereocenters. The van der Waals surface area contributed by atoms with Crippen molar-refractivity contribution < 1.29 is 0 Å². The molecule has 0 radical (unpaired) electrons. The van der Waals surface area contributed by atoms with Crippen molar-refractivity contribution in [1.29, 1.82) is 0 Å². The standard InChI is InChI=1S/C55H39N2P3Se3/c61-58(40-19-7-1-8-20-40,41-21-9-2-10-22-41)46-32-35-50-51(37-46)49-34-31-48(60(63,44-27-15-5-16-28-44)45-29-17-6-18-30-45)39-54(49)57-53-36-33-47(38-52(53)56-55(50)57)59(62,42-23-11-3-12-24-42)43-25-13-4-14-26-43/h1-39H. The second-order valence-electron chi connectivity index (χ2n) is 15.7. The zero-order chi connectivity index (χ0) is 42.6. The van der Waals surface area contributed by atoms with Gasteiger partial charge in [-0.15, -0.1) is 0 Å². The number of nitrogens with zero attached hydrogens (tertiary/aromatic N) is 2. The van der Waals surface area contributed by atoms with Gasteiger partial charge in [0.05, 0.1) is 0 Å². The predicted molar refractivity (Wildman–Crippen MR) is 281 cm³/mol. The van der Waals surface area contributed by atoms with Crippen LogP contribution < -0.4 is 47.7 Å². The van der Waals surface area contributed by atoms with Crippen molar-refractivity contribution in [3.8, 4) is 0 Å². The number of aromatic nitrogens is 2. The summed E-state index contributed by atoms with van der Waals surface area (Å²) >= 11 is 11.4. The zero-order valence-electron chi connectivity index (χ0n) is 34.0. The van der Waals surface area contributed by atoms with E-state index >= 15 is 0 Å². The van der Waals surface area contributed by atoms with Crippen LogP contribution in [0.4, 0.5) is 0 Å². The number of benzene rings is 9. The molecular formula is C55H39N2P3Se3. The van der Waals surface area contributed by atoms with E-state index in [4.69, 9.17) is 4.98 Å². The molecule has 2 aromatic heterocycles. The Morgan fingerprint density at radius 3 is 1.02 bits per heavy atom. The van der Waals surface area contributed by atoms with Crippen LogP contribution in [0.5, 0.6) is 0 Å². The van der Waals surface area contributed by atoms with Gasteiger partial charge in [0.25, 0.3) is 0 Å². The molecule has 9 aromatic carbocycles. The van der Waals surface area contributed by atoms with Crippen LogP contribution in [-0.4, -0.2) is 54.7 Å². The number of fused-ring (bicyclic) bond motifs is 8. The second kappa shape index (κ2) is 16.7. The molecule has 0 fully saturated rings. The Morgan fingerprint density at radius 2 is 0.619 bits per heavy atom. The van der Waals surface area contributed by atoms with Crippen LogP contribution in [-0.2, 0) is 0 Å². The van der Waals surface area contributed by atoms with Crippen LogP contribution in [0.3, 0.4) is 0 Å². The van der Waals surface area contributed by atoms with Gasteiger partial charge in [0.2, 0.25) is 0 Å². The van der Waals surface area contributed by atoms with Crippen molar-refractivity contribution in [2.24, 2.45) is 0 Å². The molecule has 11 aromatic rings. The average molecular weight is 1060 g/mol. The van der Waals surface area contributed by atoms with Crippen molar-refractivity contribution in [3.63, 3.8) is 0 Å². The van der Waals surface area contributed by atoms with E-state index in [1.807, 2.05) is 0 Å². The number of pyridine rings is 1. The Hall–Kier alpha value is -4.70. The summed E-state index contributed by atoms with van der Waals surface area (Å²) < 4.78 is 2.43. The molecular weight excluding hydrogens is 1020 g/mol. The van der Waals surface area contributed by atoms with Crippen LogP contribution in [0.1, 0.15) is 0 Å². The van der Waals surface area contributed by atoms with E-state index in [0.717, 1.165) is 27.6 Å².